The van der Waals surface area contributed by atoms with Gasteiger partial charge in [0.1, 0.15) is 6.04 Å². The number of nitrogens with zero attached hydrogens (tertiary/aromatic N) is 3. The molecule has 1 aromatic carbocycles. The molecular weight excluding hydrogens is 570 g/mol. The topological polar surface area (TPSA) is 160 Å². The summed E-state index contributed by atoms with van der Waals surface area (Å²) in [6.45, 7) is 6.96. The molecule has 3 heterocycles. The third kappa shape index (κ3) is 8.82. The van der Waals surface area contributed by atoms with E-state index in [0.29, 0.717) is 48.4 Å². The van der Waals surface area contributed by atoms with Gasteiger partial charge in [0.2, 0.25) is 5.95 Å². The van der Waals surface area contributed by atoms with Gasteiger partial charge >= 0.3 is 5.97 Å². The Labute approximate surface area is 254 Å². The third-order valence-corrected chi connectivity index (χ3v) is 7.53. The lowest BCUT2D eigenvalue weighted by Crippen LogP contribution is -2.49. The predicted molar refractivity (Wildman–Crippen MR) is 164 cm³/mol. The molecular formula is C30H37N7O5S. The Kier molecular flexibility index (Phi) is 11.6. The monoisotopic (exact) mass is 607 g/mol. The summed E-state index contributed by atoms with van der Waals surface area (Å²) in [4.78, 5) is 48.2. The minimum atomic E-state index is -1.11. The molecule has 0 fully saturated rings. The highest BCUT2D eigenvalue weighted by molar-refractivity contribution is 7.12. The summed E-state index contributed by atoms with van der Waals surface area (Å²) in [5.74, 6) is -1.11. The van der Waals surface area contributed by atoms with Gasteiger partial charge in [0.15, 0.2) is 0 Å². The van der Waals surface area contributed by atoms with Gasteiger partial charge in [-0.05, 0) is 56.7 Å². The smallest absolute Gasteiger partial charge is 0.330 e. The molecule has 0 bridgehead atoms. The number of rotatable bonds is 16. The van der Waals surface area contributed by atoms with E-state index in [1.807, 2.05) is 25.3 Å². The van der Waals surface area contributed by atoms with Gasteiger partial charge < -0.3 is 25.4 Å². The van der Waals surface area contributed by atoms with Crippen molar-refractivity contribution >= 4 is 46.0 Å². The maximum absolute atomic E-state index is 13.3. The average Bonchev–Trinajstić information content (AvgIpc) is 3.70. The molecule has 13 heteroatoms. The summed E-state index contributed by atoms with van der Waals surface area (Å²) >= 11 is 1.28. The Morgan fingerprint density at radius 1 is 1.02 bits per heavy atom. The number of carbonyl (C=O) groups excluding carboxylic acids is 3. The molecule has 4 N–H and O–H groups in total. The van der Waals surface area contributed by atoms with Crippen LogP contribution in [0.15, 0.2) is 41.9 Å². The second-order valence-electron chi connectivity index (χ2n) is 9.80. The number of hydrogen-bond donors (Lipinski definition) is 4. The number of anilines is 1. The van der Waals surface area contributed by atoms with Crippen molar-refractivity contribution in [2.45, 2.75) is 46.1 Å². The Balaban J connectivity index is 1.36. The van der Waals surface area contributed by atoms with Crippen LogP contribution in [-0.4, -0.2) is 76.9 Å². The van der Waals surface area contributed by atoms with Gasteiger partial charge in [-0.15, -0.1) is 11.3 Å². The van der Waals surface area contributed by atoms with Crippen LogP contribution in [0.5, 0.6) is 0 Å². The summed E-state index contributed by atoms with van der Waals surface area (Å²) < 4.78 is 10.6. The van der Waals surface area contributed by atoms with Crippen molar-refractivity contribution < 1.29 is 23.9 Å². The van der Waals surface area contributed by atoms with Crippen molar-refractivity contribution in [2.24, 2.45) is 0 Å². The Morgan fingerprint density at radius 2 is 1.84 bits per heavy atom. The second kappa shape index (κ2) is 15.8. The minimum Gasteiger partial charge on any atom is -0.464 e. The van der Waals surface area contributed by atoms with Gasteiger partial charge in [-0.3, -0.25) is 14.7 Å². The van der Waals surface area contributed by atoms with Crippen molar-refractivity contribution in [2.75, 3.05) is 38.2 Å². The first-order valence-corrected chi connectivity index (χ1v) is 15.1. The van der Waals surface area contributed by atoms with Crippen LogP contribution in [0.3, 0.4) is 0 Å². The van der Waals surface area contributed by atoms with E-state index in [2.05, 4.69) is 42.2 Å². The van der Waals surface area contributed by atoms with Crippen LogP contribution < -0.4 is 16.0 Å². The number of benzene rings is 1. The molecule has 43 heavy (non-hydrogen) atoms. The summed E-state index contributed by atoms with van der Waals surface area (Å²) in [7, 11) is 0. The maximum atomic E-state index is 13.3. The van der Waals surface area contributed by atoms with Crippen molar-refractivity contribution in [3.8, 4) is 0 Å². The van der Waals surface area contributed by atoms with E-state index >= 15 is 0 Å². The van der Waals surface area contributed by atoms with Crippen molar-refractivity contribution in [3.05, 3.63) is 69.3 Å². The lowest BCUT2D eigenvalue weighted by atomic mass is 10.1. The van der Waals surface area contributed by atoms with E-state index < -0.39 is 17.9 Å². The second-order valence-corrected chi connectivity index (χ2v) is 10.8. The van der Waals surface area contributed by atoms with Crippen LogP contribution in [-0.2, 0) is 20.7 Å². The van der Waals surface area contributed by atoms with E-state index in [-0.39, 0.29) is 24.6 Å². The van der Waals surface area contributed by atoms with E-state index in [0.717, 1.165) is 23.7 Å². The van der Waals surface area contributed by atoms with Crippen LogP contribution in [0.1, 0.15) is 56.7 Å². The zero-order valence-corrected chi connectivity index (χ0v) is 25.4. The number of aryl methyl sites for hydroxylation is 3. The Hall–Kier alpha value is -4.36. The molecule has 0 aliphatic heterocycles. The number of fused-ring (bicyclic) bond motifs is 1. The van der Waals surface area contributed by atoms with E-state index in [1.165, 1.54) is 16.9 Å². The summed E-state index contributed by atoms with van der Waals surface area (Å²) in [6, 6.07) is 8.43. The maximum Gasteiger partial charge on any atom is 0.330 e. The normalized spacial score (nSPS) is 11.7. The first-order valence-electron chi connectivity index (χ1n) is 14.2. The predicted octanol–water partition coefficient (Wildman–Crippen LogP) is 3.57. The first-order chi connectivity index (χ1) is 20.9. The molecule has 0 saturated heterocycles. The number of aromatic amines is 1. The molecule has 4 aromatic rings. The number of ether oxygens (including phenoxy) is 2. The van der Waals surface area contributed by atoms with Gasteiger partial charge in [-0.2, -0.15) is 5.10 Å². The zero-order chi connectivity index (χ0) is 30.6. The lowest BCUT2D eigenvalue weighted by Gasteiger charge is -2.19. The van der Waals surface area contributed by atoms with Crippen molar-refractivity contribution in [3.63, 3.8) is 0 Å². The van der Waals surface area contributed by atoms with Gasteiger partial charge in [0, 0.05) is 38.1 Å². The molecule has 12 nitrogen and oxygen atoms in total. The summed E-state index contributed by atoms with van der Waals surface area (Å²) in [6.07, 6.45) is 4.05. The van der Waals surface area contributed by atoms with E-state index in [9.17, 15) is 14.4 Å². The van der Waals surface area contributed by atoms with E-state index in [1.54, 1.807) is 31.4 Å². The fraction of sp³-hybridized carbons (Fsp3) is 0.400. The van der Waals surface area contributed by atoms with E-state index in [4.69, 9.17) is 9.47 Å². The van der Waals surface area contributed by atoms with Crippen molar-refractivity contribution in [1.29, 1.82) is 0 Å². The molecule has 1 unspecified atom stereocenters. The number of H-pyrrole nitrogens is 1. The average molecular weight is 608 g/mol. The quantitative estimate of drug-likeness (QED) is 0.110. The van der Waals surface area contributed by atoms with Crippen LogP contribution >= 0.6 is 11.3 Å². The number of aromatic nitrogens is 4. The van der Waals surface area contributed by atoms with Crippen LogP contribution in [0.4, 0.5) is 5.95 Å². The van der Waals surface area contributed by atoms with Gasteiger partial charge in [0.05, 0.1) is 40.1 Å². The van der Waals surface area contributed by atoms with Crippen molar-refractivity contribution in [1.82, 2.24) is 30.8 Å². The van der Waals surface area contributed by atoms with Gasteiger partial charge in [-0.25, -0.2) is 14.8 Å². The molecule has 2 amide bonds. The van der Waals surface area contributed by atoms with Crippen LogP contribution in [0.2, 0.25) is 0 Å². The highest BCUT2D eigenvalue weighted by atomic mass is 32.1. The van der Waals surface area contributed by atoms with Gasteiger partial charge in [0.25, 0.3) is 11.8 Å². The fourth-order valence-electron chi connectivity index (χ4n) is 4.54. The first kappa shape index (κ1) is 31.6. The number of amides is 2. The zero-order valence-electron chi connectivity index (χ0n) is 24.6. The standard InChI is InChI=1S/C30H37N7O5S/c1-4-41-14-8-15-42-29(40)24(18-32-27(38)25-12-7-16-43-25)36-28(39)26-19(2)34-30(35-20(26)3)31-13-6-10-21-9-5-11-23-22(21)17-33-37-23/h5,7,9,11-12,16-17,24H,4,6,8,10,13-15,18H2,1-3H3,(H,32,38)(H,33,37)(H,36,39)(H,31,34,35). The fourth-order valence-corrected chi connectivity index (χ4v) is 5.18. The summed E-state index contributed by atoms with van der Waals surface area (Å²) in [5.41, 5.74) is 3.40. The number of nitrogens with one attached hydrogen (secondary N) is 4. The molecule has 0 radical (unpaired) electrons. The lowest BCUT2D eigenvalue weighted by molar-refractivity contribution is -0.146. The number of hydrogen-bond acceptors (Lipinski definition) is 10. The highest BCUT2D eigenvalue weighted by Crippen LogP contribution is 2.18. The highest BCUT2D eigenvalue weighted by Gasteiger charge is 2.26. The summed E-state index contributed by atoms with van der Waals surface area (Å²) in [5, 5.41) is 18.6. The number of esters is 1. The largest absolute Gasteiger partial charge is 0.464 e. The Morgan fingerprint density at radius 3 is 2.58 bits per heavy atom. The third-order valence-electron chi connectivity index (χ3n) is 6.66. The Bertz CT molecular complexity index is 1500. The number of carbonyl (C=O) groups is 3. The van der Waals surface area contributed by atoms with Crippen LogP contribution in [0.25, 0.3) is 10.9 Å². The number of thiophene rings is 1. The molecule has 1 atom stereocenters. The molecule has 4 rings (SSSR count). The molecule has 3 aromatic heterocycles. The SMILES string of the molecule is CCOCCCOC(=O)C(CNC(=O)c1cccs1)NC(=O)c1c(C)nc(NCCCc2cccc3[nH]ncc23)nc1C. The molecule has 0 aliphatic rings. The molecule has 228 valence electrons. The van der Waals surface area contributed by atoms with Gasteiger partial charge in [-0.1, -0.05) is 18.2 Å². The molecule has 0 aliphatic carbocycles. The molecule has 0 saturated carbocycles. The minimum absolute atomic E-state index is 0.128. The molecule has 0 spiro atoms. The van der Waals surface area contributed by atoms with Crippen LogP contribution in [0, 0.1) is 13.8 Å².